The molecule has 0 bridgehead atoms. The molecule has 0 aromatic carbocycles. The first kappa shape index (κ1) is 13.0. The van der Waals surface area contributed by atoms with Crippen molar-refractivity contribution in [1.82, 2.24) is 10.5 Å². The SMILES string of the molecule is CC(C)(C)c1nc(CNOC2CCCC2)cs1. The zero-order valence-corrected chi connectivity index (χ0v) is 11.8. The number of hydroxylamine groups is 1. The molecule has 96 valence electrons. The zero-order chi connectivity index (χ0) is 12.3. The van der Waals surface area contributed by atoms with Gasteiger partial charge >= 0.3 is 0 Å². The highest BCUT2D eigenvalue weighted by atomic mass is 32.1. The quantitative estimate of drug-likeness (QED) is 0.836. The Kier molecular flexibility index (Phi) is 4.17. The molecular formula is C13H22N2OS. The lowest BCUT2D eigenvalue weighted by Crippen LogP contribution is -2.21. The van der Waals surface area contributed by atoms with Crippen LogP contribution in [0.15, 0.2) is 5.38 Å². The minimum atomic E-state index is 0.148. The highest BCUT2D eigenvalue weighted by Gasteiger charge is 2.18. The van der Waals surface area contributed by atoms with Crippen LogP contribution in [0.2, 0.25) is 0 Å². The number of rotatable bonds is 4. The summed E-state index contributed by atoms with van der Waals surface area (Å²) < 4.78 is 0. The maximum Gasteiger partial charge on any atom is 0.0982 e. The average Bonchev–Trinajstić information content (AvgIpc) is 2.86. The van der Waals surface area contributed by atoms with Crippen molar-refractivity contribution in [2.45, 2.75) is 64.5 Å². The van der Waals surface area contributed by atoms with Gasteiger partial charge in [-0.05, 0) is 12.8 Å². The summed E-state index contributed by atoms with van der Waals surface area (Å²) in [4.78, 5) is 10.2. The minimum Gasteiger partial charge on any atom is -0.298 e. The molecule has 2 rings (SSSR count). The Morgan fingerprint density at radius 1 is 1.41 bits per heavy atom. The van der Waals surface area contributed by atoms with Crippen LogP contribution in [0.1, 0.15) is 57.2 Å². The minimum absolute atomic E-state index is 0.148. The molecule has 0 aliphatic heterocycles. The lowest BCUT2D eigenvalue weighted by Gasteiger charge is -2.13. The summed E-state index contributed by atoms with van der Waals surface area (Å²) in [5, 5.41) is 3.31. The van der Waals surface area contributed by atoms with Crippen LogP contribution in [0.4, 0.5) is 0 Å². The van der Waals surface area contributed by atoms with Gasteiger partial charge in [-0.15, -0.1) is 11.3 Å². The van der Waals surface area contributed by atoms with Gasteiger partial charge in [-0.2, -0.15) is 5.48 Å². The largest absolute Gasteiger partial charge is 0.298 e. The highest BCUT2D eigenvalue weighted by molar-refractivity contribution is 7.09. The second kappa shape index (κ2) is 5.46. The van der Waals surface area contributed by atoms with E-state index in [0.29, 0.717) is 12.6 Å². The molecule has 4 heteroatoms. The van der Waals surface area contributed by atoms with Crippen LogP contribution in [-0.4, -0.2) is 11.1 Å². The lowest BCUT2D eigenvalue weighted by molar-refractivity contribution is -0.0248. The van der Waals surface area contributed by atoms with Gasteiger partial charge in [-0.25, -0.2) is 4.98 Å². The van der Waals surface area contributed by atoms with Crippen molar-refractivity contribution in [3.8, 4) is 0 Å². The van der Waals surface area contributed by atoms with Crippen LogP contribution < -0.4 is 5.48 Å². The Balaban J connectivity index is 1.77. The first-order chi connectivity index (χ1) is 8.05. The molecule has 1 aromatic rings. The van der Waals surface area contributed by atoms with Gasteiger partial charge in [-0.3, -0.25) is 4.84 Å². The summed E-state index contributed by atoms with van der Waals surface area (Å²) in [6.07, 6.45) is 5.40. The Morgan fingerprint density at radius 3 is 2.71 bits per heavy atom. The third-order valence-electron chi connectivity index (χ3n) is 3.00. The summed E-state index contributed by atoms with van der Waals surface area (Å²) in [5.41, 5.74) is 4.28. The fraction of sp³-hybridized carbons (Fsp3) is 0.769. The van der Waals surface area contributed by atoms with Crippen molar-refractivity contribution in [2.24, 2.45) is 0 Å². The van der Waals surface area contributed by atoms with E-state index in [1.54, 1.807) is 11.3 Å². The van der Waals surface area contributed by atoms with E-state index in [1.807, 2.05) is 0 Å². The molecule has 1 heterocycles. The van der Waals surface area contributed by atoms with Crippen LogP contribution in [0.5, 0.6) is 0 Å². The molecule has 1 N–H and O–H groups in total. The monoisotopic (exact) mass is 254 g/mol. The van der Waals surface area contributed by atoms with Crippen molar-refractivity contribution < 1.29 is 4.84 Å². The van der Waals surface area contributed by atoms with Gasteiger partial charge in [0.15, 0.2) is 0 Å². The van der Waals surface area contributed by atoms with Crippen molar-refractivity contribution in [2.75, 3.05) is 0 Å². The van der Waals surface area contributed by atoms with Crippen LogP contribution in [0.3, 0.4) is 0 Å². The van der Waals surface area contributed by atoms with Gasteiger partial charge in [0, 0.05) is 10.8 Å². The topological polar surface area (TPSA) is 34.2 Å². The Bertz CT molecular complexity index is 351. The maximum absolute atomic E-state index is 5.62. The van der Waals surface area contributed by atoms with E-state index in [2.05, 4.69) is 36.6 Å². The van der Waals surface area contributed by atoms with E-state index in [-0.39, 0.29) is 5.41 Å². The summed E-state index contributed by atoms with van der Waals surface area (Å²) in [5.74, 6) is 0. The van der Waals surface area contributed by atoms with Crippen molar-refractivity contribution in [3.05, 3.63) is 16.1 Å². The lowest BCUT2D eigenvalue weighted by atomic mass is 9.98. The summed E-state index contributed by atoms with van der Waals surface area (Å²) in [6.45, 7) is 7.29. The van der Waals surface area contributed by atoms with Crippen LogP contribution in [0.25, 0.3) is 0 Å². The molecule has 3 nitrogen and oxygen atoms in total. The van der Waals surface area contributed by atoms with Crippen LogP contribution in [0, 0.1) is 0 Å². The Hall–Kier alpha value is -0.450. The molecule has 0 radical (unpaired) electrons. The van der Waals surface area contributed by atoms with Gasteiger partial charge < -0.3 is 0 Å². The number of nitrogens with one attached hydrogen (secondary N) is 1. The van der Waals surface area contributed by atoms with E-state index in [9.17, 15) is 0 Å². The highest BCUT2D eigenvalue weighted by Crippen LogP contribution is 2.25. The zero-order valence-electron chi connectivity index (χ0n) is 11.0. The number of aromatic nitrogens is 1. The van der Waals surface area contributed by atoms with Gasteiger partial charge in [0.05, 0.1) is 23.4 Å². The molecule has 0 saturated heterocycles. The molecular weight excluding hydrogens is 232 g/mol. The number of hydrogen-bond donors (Lipinski definition) is 1. The number of thiazole rings is 1. The van der Waals surface area contributed by atoms with E-state index in [1.165, 1.54) is 30.7 Å². The van der Waals surface area contributed by atoms with Gasteiger partial charge in [-0.1, -0.05) is 33.6 Å². The molecule has 0 atom stereocenters. The van der Waals surface area contributed by atoms with Crippen LogP contribution in [-0.2, 0) is 16.8 Å². The fourth-order valence-corrected chi connectivity index (χ4v) is 2.88. The van der Waals surface area contributed by atoms with Gasteiger partial charge in [0.25, 0.3) is 0 Å². The molecule has 0 unspecified atom stereocenters. The van der Waals surface area contributed by atoms with Gasteiger partial charge in [0.2, 0.25) is 0 Å². The van der Waals surface area contributed by atoms with E-state index in [0.717, 1.165) is 5.69 Å². The first-order valence-electron chi connectivity index (χ1n) is 6.39. The van der Waals surface area contributed by atoms with Gasteiger partial charge in [0.1, 0.15) is 0 Å². The fourth-order valence-electron chi connectivity index (χ4n) is 1.97. The standard InChI is InChI=1S/C13H22N2OS/c1-13(2,3)12-15-10(9-17-12)8-14-16-11-6-4-5-7-11/h9,11,14H,4-8H2,1-3H3. The normalized spacial score (nSPS) is 17.8. The maximum atomic E-state index is 5.62. The van der Waals surface area contributed by atoms with Crippen molar-refractivity contribution in [1.29, 1.82) is 0 Å². The third-order valence-corrected chi connectivity index (χ3v) is 4.32. The first-order valence-corrected chi connectivity index (χ1v) is 7.27. The number of nitrogens with zero attached hydrogens (tertiary/aromatic N) is 1. The smallest absolute Gasteiger partial charge is 0.0982 e. The third kappa shape index (κ3) is 3.76. The summed E-state index contributed by atoms with van der Waals surface area (Å²) in [7, 11) is 0. The molecule has 1 fully saturated rings. The van der Waals surface area contributed by atoms with E-state index >= 15 is 0 Å². The predicted octanol–water partition coefficient (Wildman–Crippen LogP) is 3.40. The van der Waals surface area contributed by atoms with Crippen molar-refractivity contribution >= 4 is 11.3 Å². The summed E-state index contributed by atoms with van der Waals surface area (Å²) >= 11 is 1.73. The summed E-state index contributed by atoms with van der Waals surface area (Å²) in [6, 6.07) is 0. The average molecular weight is 254 g/mol. The Labute approximate surface area is 108 Å². The molecule has 0 spiro atoms. The second-order valence-corrected chi connectivity index (χ2v) is 6.60. The van der Waals surface area contributed by atoms with E-state index in [4.69, 9.17) is 4.84 Å². The molecule has 17 heavy (non-hydrogen) atoms. The molecule has 1 saturated carbocycles. The Morgan fingerprint density at radius 2 is 2.12 bits per heavy atom. The molecule has 1 aliphatic carbocycles. The molecule has 0 amide bonds. The number of hydrogen-bond acceptors (Lipinski definition) is 4. The predicted molar refractivity (Wildman–Crippen MR) is 71.0 cm³/mol. The molecule has 1 aliphatic rings. The second-order valence-electron chi connectivity index (χ2n) is 5.74. The van der Waals surface area contributed by atoms with Crippen LogP contribution >= 0.6 is 11.3 Å². The molecule has 1 aromatic heterocycles. The van der Waals surface area contributed by atoms with Crippen molar-refractivity contribution in [3.63, 3.8) is 0 Å². The van der Waals surface area contributed by atoms with E-state index < -0.39 is 0 Å².